The molecule has 1 aliphatic heterocycles. The molecule has 3 aromatic rings. The highest BCUT2D eigenvalue weighted by molar-refractivity contribution is 7.13. The van der Waals surface area contributed by atoms with E-state index in [9.17, 15) is 14.0 Å². The second kappa shape index (κ2) is 8.57. The lowest BCUT2D eigenvalue weighted by molar-refractivity contribution is 0.0698. The first-order valence-electron chi connectivity index (χ1n) is 9.60. The lowest BCUT2D eigenvalue weighted by atomic mass is 10.0. The highest BCUT2D eigenvalue weighted by Gasteiger charge is 2.25. The molecule has 4 nitrogen and oxygen atoms in total. The van der Waals surface area contributed by atoms with Gasteiger partial charge in [-0.2, -0.15) is 0 Å². The van der Waals surface area contributed by atoms with Gasteiger partial charge >= 0.3 is 0 Å². The van der Waals surface area contributed by atoms with E-state index in [1.54, 1.807) is 11.3 Å². The van der Waals surface area contributed by atoms with Crippen LogP contribution < -0.4 is 5.32 Å². The number of likely N-dealkylation sites (tertiary alicyclic amines) is 1. The molecular weight excluding hydrogens is 387 g/mol. The number of nitrogens with one attached hydrogen (secondary N) is 1. The summed E-state index contributed by atoms with van der Waals surface area (Å²) in [6, 6.07) is 17.3. The van der Waals surface area contributed by atoms with Gasteiger partial charge in [-0.3, -0.25) is 9.59 Å². The second-order valence-corrected chi connectivity index (χ2v) is 8.05. The first kappa shape index (κ1) is 19.3. The van der Waals surface area contributed by atoms with Crippen LogP contribution in [0.4, 0.5) is 4.39 Å². The molecule has 2 amide bonds. The topological polar surface area (TPSA) is 49.4 Å². The van der Waals surface area contributed by atoms with Crippen LogP contribution in [0.15, 0.2) is 66.0 Å². The van der Waals surface area contributed by atoms with Gasteiger partial charge in [0.2, 0.25) is 0 Å². The third kappa shape index (κ3) is 4.54. The number of halogens is 1. The highest BCUT2D eigenvalue weighted by atomic mass is 32.1. The summed E-state index contributed by atoms with van der Waals surface area (Å²) in [5.74, 6) is -0.554. The minimum Gasteiger partial charge on any atom is -0.349 e. The molecule has 1 fully saturated rings. The molecule has 148 valence electrons. The Hall–Kier alpha value is -2.99. The number of hydrogen-bond donors (Lipinski definition) is 1. The van der Waals surface area contributed by atoms with E-state index in [0.29, 0.717) is 37.1 Å². The van der Waals surface area contributed by atoms with Gasteiger partial charge in [0.1, 0.15) is 5.82 Å². The van der Waals surface area contributed by atoms with Gasteiger partial charge in [-0.05, 0) is 66.2 Å². The summed E-state index contributed by atoms with van der Waals surface area (Å²) in [5.41, 5.74) is 2.23. The van der Waals surface area contributed by atoms with Crippen LogP contribution in [0.2, 0.25) is 0 Å². The van der Waals surface area contributed by atoms with Crippen LogP contribution in [-0.2, 0) is 0 Å². The van der Waals surface area contributed by atoms with E-state index < -0.39 is 0 Å². The minimum atomic E-state index is -0.364. The number of carbonyl (C=O) groups is 2. The Balaban J connectivity index is 1.31. The molecule has 0 bridgehead atoms. The molecule has 1 N–H and O–H groups in total. The molecule has 0 aliphatic carbocycles. The third-order valence-corrected chi connectivity index (χ3v) is 6.08. The number of nitrogens with zero attached hydrogens (tertiary/aromatic N) is 1. The summed E-state index contributed by atoms with van der Waals surface area (Å²) in [4.78, 5) is 28.1. The average Bonchev–Trinajstić information content (AvgIpc) is 3.29. The Morgan fingerprint density at radius 1 is 0.931 bits per heavy atom. The van der Waals surface area contributed by atoms with E-state index in [2.05, 4.69) is 11.4 Å². The first-order valence-corrected chi connectivity index (χ1v) is 10.5. The normalized spacial score (nSPS) is 14.6. The van der Waals surface area contributed by atoms with Crippen LogP contribution in [0, 0.1) is 5.82 Å². The molecule has 2 heterocycles. The summed E-state index contributed by atoms with van der Waals surface area (Å²) >= 11 is 1.67. The standard InChI is InChI=1S/C23H21FN2O2S/c24-19-9-7-17(8-10-19)22(27)25-20-11-13-26(14-12-20)23(28)18-5-3-16(4-6-18)21-2-1-15-29-21/h1-10,15,20H,11-14H2,(H,25,27). The largest absolute Gasteiger partial charge is 0.349 e. The van der Waals surface area contributed by atoms with Crippen molar-refractivity contribution >= 4 is 23.2 Å². The Morgan fingerprint density at radius 3 is 2.21 bits per heavy atom. The van der Waals surface area contributed by atoms with Crippen molar-refractivity contribution < 1.29 is 14.0 Å². The van der Waals surface area contributed by atoms with Crippen LogP contribution >= 0.6 is 11.3 Å². The molecule has 1 saturated heterocycles. The SMILES string of the molecule is O=C(NC1CCN(C(=O)c2ccc(-c3cccs3)cc2)CC1)c1ccc(F)cc1. The summed E-state index contributed by atoms with van der Waals surface area (Å²) in [6.45, 7) is 1.19. The Kier molecular flexibility index (Phi) is 5.71. The summed E-state index contributed by atoms with van der Waals surface area (Å²) < 4.78 is 13.0. The zero-order valence-electron chi connectivity index (χ0n) is 15.8. The monoisotopic (exact) mass is 408 g/mol. The van der Waals surface area contributed by atoms with Crippen LogP contribution in [0.5, 0.6) is 0 Å². The van der Waals surface area contributed by atoms with Crippen molar-refractivity contribution in [3.8, 4) is 10.4 Å². The second-order valence-electron chi connectivity index (χ2n) is 7.10. The van der Waals surface area contributed by atoms with E-state index in [4.69, 9.17) is 0 Å². The maximum Gasteiger partial charge on any atom is 0.253 e. The zero-order valence-corrected chi connectivity index (χ0v) is 16.6. The molecule has 6 heteroatoms. The zero-order chi connectivity index (χ0) is 20.2. The van der Waals surface area contributed by atoms with Crippen molar-refractivity contribution in [3.63, 3.8) is 0 Å². The number of carbonyl (C=O) groups excluding carboxylic acids is 2. The van der Waals surface area contributed by atoms with Gasteiger partial charge in [-0.1, -0.05) is 18.2 Å². The van der Waals surface area contributed by atoms with Gasteiger partial charge in [0.05, 0.1) is 0 Å². The molecular formula is C23H21FN2O2S. The lowest BCUT2D eigenvalue weighted by Gasteiger charge is -2.32. The lowest BCUT2D eigenvalue weighted by Crippen LogP contribution is -2.46. The Labute approximate surface area is 173 Å². The predicted molar refractivity (Wildman–Crippen MR) is 113 cm³/mol. The van der Waals surface area contributed by atoms with E-state index in [1.165, 1.54) is 29.1 Å². The van der Waals surface area contributed by atoms with E-state index >= 15 is 0 Å². The van der Waals surface area contributed by atoms with Gasteiger partial charge in [0, 0.05) is 35.1 Å². The molecule has 29 heavy (non-hydrogen) atoms. The number of benzene rings is 2. The van der Waals surface area contributed by atoms with Crippen molar-refractivity contribution in [1.29, 1.82) is 0 Å². The van der Waals surface area contributed by atoms with Crippen LogP contribution in [0.3, 0.4) is 0 Å². The number of hydrogen-bond acceptors (Lipinski definition) is 3. The molecule has 2 aromatic carbocycles. The average molecular weight is 408 g/mol. The van der Waals surface area contributed by atoms with E-state index in [-0.39, 0.29) is 23.7 Å². The highest BCUT2D eigenvalue weighted by Crippen LogP contribution is 2.25. The van der Waals surface area contributed by atoms with Crippen molar-refractivity contribution in [1.82, 2.24) is 10.2 Å². The Bertz CT molecular complexity index is 977. The van der Waals surface area contributed by atoms with E-state index in [0.717, 1.165) is 5.56 Å². The van der Waals surface area contributed by atoms with Gasteiger partial charge in [-0.15, -0.1) is 11.3 Å². The molecule has 0 atom stereocenters. The van der Waals surface area contributed by atoms with E-state index in [1.807, 2.05) is 40.6 Å². The fourth-order valence-corrected chi connectivity index (χ4v) is 4.23. The summed E-state index contributed by atoms with van der Waals surface area (Å²) in [6.07, 6.45) is 1.40. The van der Waals surface area contributed by atoms with Crippen LogP contribution in [0.25, 0.3) is 10.4 Å². The fourth-order valence-electron chi connectivity index (χ4n) is 3.50. The molecule has 0 radical (unpaired) electrons. The maximum atomic E-state index is 13.0. The summed E-state index contributed by atoms with van der Waals surface area (Å²) in [7, 11) is 0. The minimum absolute atomic E-state index is 0.0119. The summed E-state index contributed by atoms with van der Waals surface area (Å²) in [5, 5.41) is 5.01. The molecule has 0 saturated carbocycles. The molecule has 1 aliphatic rings. The maximum absolute atomic E-state index is 13.0. The van der Waals surface area contributed by atoms with Gasteiger partial charge < -0.3 is 10.2 Å². The van der Waals surface area contributed by atoms with Crippen molar-refractivity contribution in [2.75, 3.05) is 13.1 Å². The van der Waals surface area contributed by atoms with Gasteiger partial charge in [-0.25, -0.2) is 4.39 Å². The number of amides is 2. The van der Waals surface area contributed by atoms with Crippen LogP contribution in [0.1, 0.15) is 33.6 Å². The van der Waals surface area contributed by atoms with Crippen molar-refractivity contribution in [2.24, 2.45) is 0 Å². The number of rotatable bonds is 4. The van der Waals surface area contributed by atoms with Gasteiger partial charge in [0.25, 0.3) is 11.8 Å². The smallest absolute Gasteiger partial charge is 0.253 e. The molecule has 1 aromatic heterocycles. The van der Waals surface area contributed by atoms with Crippen molar-refractivity contribution in [3.05, 3.63) is 83.0 Å². The predicted octanol–water partition coefficient (Wildman–Crippen LogP) is 4.59. The molecule has 4 rings (SSSR count). The third-order valence-electron chi connectivity index (χ3n) is 5.16. The van der Waals surface area contributed by atoms with Crippen molar-refractivity contribution in [2.45, 2.75) is 18.9 Å². The number of piperidine rings is 1. The molecule has 0 spiro atoms. The quantitative estimate of drug-likeness (QED) is 0.687. The van der Waals surface area contributed by atoms with Gasteiger partial charge in [0.15, 0.2) is 0 Å². The van der Waals surface area contributed by atoms with Crippen LogP contribution in [-0.4, -0.2) is 35.8 Å². The first-order chi connectivity index (χ1) is 14.1. The Morgan fingerprint density at radius 2 is 1.59 bits per heavy atom. The molecule has 0 unspecified atom stereocenters. The number of thiophene rings is 1. The fraction of sp³-hybridized carbons (Fsp3) is 0.217.